The van der Waals surface area contributed by atoms with Gasteiger partial charge >= 0.3 is 11.9 Å². The average Bonchev–Trinajstić information content (AvgIpc) is 3.08. The zero-order chi connectivity index (χ0) is 22.8. The van der Waals surface area contributed by atoms with E-state index in [4.69, 9.17) is 4.74 Å². The number of hydrogen-bond acceptors (Lipinski definition) is 6. The molecule has 3 heterocycles. The van der Waals surface area contributed by atoms with Gasteiger partial charge in [0.25, 0.3) is 0 Å². The number of aromatic nitrogens is 1. The summed E-state index contributed by atoms with van der Waals surface area (Å²) >= 11 is 0. The van der Waals surface area contributed by atoms with Crippen LogP contribution in [0.25, 0.3) is 10.9 Å². The Hall–Kier alpha value is -2.95. The molecule has 1 aromatic carbocycles. The smallest absolute Gasteiger partial charge is 0.352 e. The highest BCUT2D eigenvalue weighted by molar-refractivity contribution is 6.01. The average molecular weight is 444 g/mol. The fourth-order valence-electron chi connectivity index (χ4n) is 4.70. The predicted molar refractivity (Wildman–Crippen MR) is 116 cm³/mol. The number of carboxylic acid groups (broad SMARTS) is 2. The van der Waals surface area contributed by atoms with E-state index in [2.05, 4.69) is 0 Å². The van der Waals surface area contributed by atoms with Crippen LogP contribution in [0.4, 0.5) is 0 Å². The lowest BCUT2D eigenvalue weighted by atomic mass is 10.00. The number of nitrogens with zero attached hydrogens (tertiary/aromatic N) is 4. The Labute approximate surface area is 185 Å². The number of para-hydroxylation sites is 1. The minimum absolute atomic E-state index is 0.0106. The number of hydrogen-bond donors (Lipinski definition) is 2. The maximum absolute atomic E-state index is 12.5. The molecule has 0 aliphatic carbocycles. The van der Waals surface area contributed by atoms with Gasteiger partial charge < -0.3 is 24.4 Å². The Morgan fingerprint density at radius 1 is 1.00 bits per heavy atom. The van der Waals surface area contributed by atoms with E-state index >= 15 is 0 Å². The lowest BCUT2D eigenvalue weighted by Crippen LogP contribution is -2.53. The summed E-state index contributed by atoms with van der Waals surface area (Å²) in [6, 6.07) is 6.07. The van der Waals surface area contributed by atoms with Gasteiger partial charge in [0.15, 0.2) is 0 Å². The zero-order valence-corrected chi connectivity index (χ0v) is 18.1. The molecule has 2 aromatic rings. The van der Waals surface area contributed by atoms with Crippen LogP contribution in [0.5, 0.6) is 0 Å². The number of piperazine rings is 1. The Balaban J connectivity index is 1.53. The van der Waals surface area contributed by atoms with Crippen LogP contribution in [0.1, 0.15) is 22.1 Å². The number of carbonyl (C=O) groups excluding carboxylic acids is 1. The van der Waals surface area contributed by atoms with Crippen molar-refractivity contribution in [2.24, 2.45) is 7.05 Å². The molecule has 10 nitrogen and oxygen atoms in total. The Kier molecular flexibility index (Phi) is 6.45. The highest BCUT2D eigenvalue weighted by atomic mass is 16.5. The van der Waals surface area contributed by atoms with Crippen molar-refractivity contribution in [3.8, 4) is 0 Å². The summed E-state index contributed by atoms with van der Waals surface area (Å²) in [6.07, 6.45) is 0. The number of aliphatic carboxylic acids is 1. The molecule has 2 saturated heterocycles. The number of carboxylic acids is 2. The lowest BCUT2D eigenvalue weighted by Gasteiger charge is -2.38. The van der Waals surface area contributed by atoms with Gasteiger partial charge in [0.05, 0.1) is 19.8 Å². The highest BCUT2D eigenvalue weighted by Crippen LogP contribution is 2.34. The number of morpholine rings is 1. The summed E-state index contributed by atoms with van der Waals surface area (Å²) in [5.41, 5.74) is 0.977. The van der Waals surface area contributed by atoms with Crippen LogP contribution in [-0.2, 0) is 21.4 Å². The summed E-state index contributed by atoms with van der Waals surface area (Å²) < 4.78 is 6.83. The molecule has 10 heteroatoms. The molecule has 2 aliphatic heterocycles. The van der Waals surface area contributed by atoms with Gasteiger partial charge in [-0.05, 0) is 6.07 Å². The molecule has 1 unspecified atom stereocenters. The van der Waals surface area contributed by atoms with Crippen molar-refractivity contribution in [3.05, 3.63) is 35.5 Å². The maximum atomic E-state index is 12.5. The Bertz CT molecular complexity index is 1020. The number of benzene rings is 1. The molecule has 1 aromatic heterocycles. The van der Waals surface area contributed by atoms with E-state index in [0.717, 1.165) is 0 Å². The summed E-state index contributed by atoms with van der Waals surface area (Å²) in [4.78, 5) is 42.6. The molecule has 2 aliphatic rings. The van der Waals surface area contributed by atoms with E-state index < -0.39 is 18.0 Å². The summed E-state index contributed by atoms with van der Waals surface area (Å²) in [7, 11) is 1.64. The van der Waals surface area contributed by atoms with Crippen LogP contribution < -0.4 is 0 Å². The van der Waals surface area contributed by atoms with E-state index in [-0.39, 0.29) is 11.6 Å². The van der Waals surface area contributed by atoms with Crippen LogP contribution in [0.3, 0.4) is 0 Å². The number of amides is 1. The van der Waals surface area contributed by atoms with Crippen molar-refractivity contribution in [2.45, 2.75) is 6.04 Å². The quantitative estimate of drug-likeness (QED) is 0.661. The van der Waals surface area contributed by atoms with Crippen LogP contribution in [0.2, 0.25) is 0 Å². The number of aryl methyl sites for hydroxylation is 1. The van der Waals surface area contributed by atoms with Crippen molar-refractivity contribution in [3.63, 3.8) is 0 Å². The summed E-state index contributed by atoms with van der Waals surface area (Å²) in [5, 5.41) is 20.6. The molecule has 2 fully saturated rings. The number of ether oxygens (including phenoxy) is 1. The molecule has 0 bridgehead atoms. The van der Waals surface area contributed by atoms with Gasteiger partial charge in [0, 0.05) is 62.8 Å². The number of rotatable bonds is 6. The van der Waals surface area contributed by atoms with E-state index in [1.54, 1.807) is 45.7 Å². The van der Waals surface area contributed by atoms with Crippen molar-refractivity contribution in [2.75, 3.05) is 59.0 Å². The van der Waals surface area contributed by atoms with E-state index in [9.17, 15) is 24.6 Å². The lowest BCUT2D eigenvalue weighted by molar-refractivity contribution is -0.145. The topological polar surface area (TPSA) is 116 Å². The third-order valence-corrected chi connectivity index (χ3v) is 6.35. The van der Waals surface area contributed by atoms with Crippen LogP contribution in [0.15, 0.2) is 24.3 Å². The molecule has 4 rings (SSSR count). The molecular weight excluding hydrogens is 416 g/mol. The van der Waals surface area contributed by atoms with E-state index in [0.29, 0.717) is 75.5 Å². The molecule has 2 N–H and O–H groups in total. The summed E-state index contributed by atoms with van der Waals surface area (Å²) in [6.45, 7) is 4.51. The fraction of sp³-hybridized carbons (Fsp3) is 0.500. The molecule has 0 saturated carbocycles. The van der Waals surface area contributed by atoms with Crippen LogP contribution in [0, 0.1) is 0 Å². The predicted octanol–water partition coefficient (Wildman–Crippen LogP) is 0.479. The van der Waals surface area contributed by atoms with Crippen LogP contribution in [-0.4, -0.2) is 106 Å². The minimum atomic E-state index is -1.15. The van der Waals surface area contributed by atoms with Gasteiger partial charge in [0.1, 0.15) is 11.7 Å². The SMILES string of the molecule is Cn1c(C(=O)O)c(C(C(=O)O)N2CCN(CC(=O)N3CCOCC3)CC2)c2ccccc21. The van der Waals surface area contributed by atoms with Gasteiger partial charge in [-0.2, -0.15) is 0 Å². The van der Waals surface area contributed by atoms with Crippen molar-refractivity contribution in [1.82, 2.24) is 19.3 Å². The minimum Gasteiger partial charge on any atom is -0.480 e. The normalized spacial score (nSPS) is 19.2. The second-order valence-electron chi connectivity index (χ2n) is 8.19. The van der Waals surface area contributed by atoms with Gasteiger partial charge in [0.2, 0.25) is 5.91 Å². The molecular formula is C22H28N4O6. The molecule has 172 valence electrons. The third kappa shape index (κ3) is 4.21. The first-order chi connectivity index (χ1) is 15.4. The largest absolute Gasteiger partial charge is 0.480 e. The van der Waals surface area contributed by atoms with Gasteiger partial charge in [-0.25, -0.2) is 4.79 Å². The van der Waals surface area contributed by atoms with Gasteiger partial charge in [-0.15, -0.1) is 0 Å². The zero-order valence-electron chi connectivity index (χ0n) is 18.1. The van der Waals surface area contributed by atoms with Gasteiger partial charge in [-0.3, -0.25) is 19.4 Å². The summed E-state index contributed by atoms with van der Waals surface area (Å²) in [5.74, 6) is -2.18. The van der Waals surface area contributed by atoms with Gasteiger partial charge in [-0.1, -0.05) is 18.2 Å². The highest BCUT2D eigenvalue weighted by Gasteiger charge is 2.37. The Morgan fingerprint density at radius 3 is 2.28 bits per heavy atom. The standard InChI is InChI=1S/C22H28N4O6/c1-23-16-5-3-2-4-15(16)18(19(23)21(28)29)20(22(30)31)26-8-6-24(7-9-26)14-17(27)25-10-12-32-13-11-25/h2-5,20H,6-14H2,1H3,(H,28,29)(H,30,31). The molecule has 1 atom stereocenters. The van der Waals surface area contributed by atoms with Crippen molar-refractivity contribution < 1.29 is 29.3 Å². The number of carbonyl (C=O) groups is 3. The fourth-order valence-corrected chi connectivity index (χ4v) is 4.70. The molecule has 0 radical (unpaired) electrons. The first kappa shape index (κ1) is 22.3. The maximum Gasteiger partial charge on any atom is 0.352 e. The number of aromatic carboxylic acids is 1. The van der Waals surface area contributed by atoms with Crippen molar-refractivity contribution in [1.29, 1.82) is 0 Å². The first-order valence-corrected chi connectivity index (χ1v) is 10.7. The first-order valence-electron chi connectivity index (χ1n) is 10.7. The van der Waals surface area contributed by atoms with Crippen LogP contribution >= 0.6 is 0 Å². The molecule has 32 heavy (non-hydrogen) atoms. The second-order valence-corrected chi connectivity index (χ2v) is 8.19. The van der Waals surface area contributed by atoms with Crippen molar-refractivity contribution >= 4 is 28.7 Å². The monoisotopic (exact) mass is 444 g/mol. The Morgan fingerprint density at radius 2 is 1.66 bits per heavy atom. The molecule has 0 spiro atoms. The second kappa shape index (κ2) is 9.27. The third-order valence-electron chi connectivity index (χ3n) is 6.35. The number of fused-ring (bicyclic) bond motifs is 1. The van der Waals surface area contributed by atoms with E-state index in [1.165, 1.54) is 0 Å². The molecule has 1 amide bonds. The van der Waals surface area contributed by atoms with E-state index in [1.807, 2.05) is 4.90 Å².